The largest absolute Gasteiger partial charge is 0.478 e. The van der Waals surface area contributed by atoms with E-state index in [1.54, 1.807) is 18.2 Å². The molecule has 0 saturated heterocycles. The molecular weight excluding hydrogens is 270 g/mol. The molecule has 6 nitrogen and oxygen atoms in total. The van der Waals surface area contributed by atoms with E-state index in [-0.39, 0.29) is 11.1 Å². The zero-order chi connectivity index (χ0) is 15.2. The molecule has 1 aromatic carbocycles. The molecule has 3 N–H and O–H groups in total. The van der Waals surface area contributed by atoms with Crippen LogP contribution in [0.3, 0.4) is 0 Å². The van der Waals surface area contributed by atoms with Crippen LogP contribution in [0.2, 0.25) is 0 Å². The minimum Gasteiger partial charge on any atom is -0.478 e. The summed E-state index contributed by atoms with van der Waals surface area (Å²) in [5, 5.41) is 12.0. The second-order valence-electron chi connectivity index (χ2n) is 4.61. The van der Waals surface area contributed by atoms with E-state index in [1.807, 2.05) is 13.0 Å². The summed E-state index contributed by atoms with van der Waals surface area (Å²) < 4.78 is 0. The molecule has 1 heterocycles. The molecule has 0 aliphatic carbocycles. The van der Waals surface area contributed by atoms with Crippen LogP contribution in [0.1, 0.15) is 28.7 Å². The smallest absolute Gasteiger partial charge is 0.335 e. The van der Waals surface area contributed by atoms with Crippen LogP contribution in [0.25, 0.3) is 0 Å². The maximum atomic E-state index is 11.4. The van der Waals surface area contributed by atoms with Gasteiger partial charge in [-0.2, -0.15) is 0 Å². The molecule has 110 valence electrons. The summed E-state index contributed by atoms with van der Waals surface area (Å²) in [7, 11) is 0. The highest BCUT2D eigenvalue weighted by Gasteiger charge is 2.03. The number of benzene rings is 1. The fourth-order valence-corrected chi connectivity index (χ4v) is 1.96. The number of rotatable bonds is 6. The third-order valence-electron chi connectivity index (χ3n) is 3.02. The quantitative estimate of drug-likeness (QED) is 0.751. The van der Waals surface area contributed by atoms with Gasteiger partial charge in [0.1, 0.15) is 11.6 Å². The highest BCUT2D eigenvalue weighted by molar-refractivity contribution is 5.87. The number of hydrogen-bond donors (Lipinski definition) is 3. The van der Waals surface area contributed by atoms with E-state index in [9.17, 15) is 9.59 Å². The summed E-state index contributed by atoms with van der Waals surface area (Å²) in [6, 6.07) is 8.21. The predicted molar refractivity (Wildman–Crippen MR) is 79.8 cm³/mol. The Kier molecular flexibility index (Phi) is 4.71. The highest BCUT2D eigenvalue weighted by atomic mass is 16.4. The molecule has 0 saturated carbocycles. The Labute approximate surface area is 121 Å². The summed E-state index contributed by atoms with van der Waals surface area (Å²) in [5.41, 5.74) is 1.01. The molecule has 0 aliphatic rings. The van der Waals surface area contributed by atoms with Gasteiger partial charge in [0.25, 0.3) is 5.56 Å². The fraction of sp³-hybridized carbons (Fsp3) is 0.267. The number of H-pyrrole nitrogens is 1. The molecule has 1 aromatic heterocycles. The van der Waals surface area contributed by atoms with Crippen molar-refractivity contribution >= 4 is 11.8 Å². The standard InChI is InChI=1S/C15H17N3O3/c1-2-12-17-13(9-14(19)18-12)16-7-6-10-4-3-5-11(8-10)15(20)21/h3-5,8-9H,2,6-7H2,1H3,(H,20,21)(H2,16,17,18,19). The summed E-state index contributed by atoms with van der Waals surface area (Å²) >= 11 is 0. The van der Waals surface area contributed by atoms with Gasteiger partial charge in [0, 0.05) is 19.0 Å². The van der Waals surface area contributed by atoms with Gasteiger partial charge in [-0.25, -0.2) is 9.78 Å². The second kappa shape index (κ2) is 6.69. The second-order valence-corrected chi connectivity index (χ2v) is 4.61. The molecule has 0 atom stereocenters. The number of aryl methyl sites for hydroxylation is 1. The van der Waals surface area contributed by atoms with E-state index in [4.69, 9.17) is 5.11 Å². The number of carbonyl (C=O) groups is 1. The summed E-state index contributed by atoms with van der Waals surface area (Å²) in [6.45, 7) is 2.49. The minimum absolute atomic E-state index is 0.183. The Hall–Kier alpha value is -2.63. The number of nitrogens with zero attached hydrogens (tertiary/aromatic N) is 1. The van der Waals surface area contributed by atoms with Crippen LogP contribution in [0.5, 0.6) is 0 Å². The van der Waals surface area contributed by atoms with E-state index in [2.05, 4.69) is 15.3 Å². The van der Waals surface area contributed by atoms with Crippen molar-refractivity contribution in [1.29, 1.82) is 0 Å². The van der Waals surface area contributed by atoms with Crippen molar-refractivity contribution in [2.45, 2.75) is 19.8 Å². The van der Waals surface area contributed by atoms with E-state index in [0.717, 1.165) is 5.56 Å². The minimum atomic E-state index is -0.936. The SMILES string of the molecule is CCc1nc(NCCc2cccc(C(=O)O)c2)cc(=O)[nH]1. The highest BCUT2D eigenvalue weighted by Crippen LogP contribution is 2.07. The van der Waals surface area contributed by atoms with Crippen LogP contribution in [0, 0.1) is 0 Å². The molecule has 0 fully saturated rings. The first-order valence-corrected chi connectivity index (χ1v) is 6.75. The summed E-state index contributed by atoms with van der Waals surface area (Å²) in [4.78, 5) is 29.2. The van der Waals surface area contributed by atoms with Gasteiger partial charge in [0.15, 0.2) is 0 Å². The molecule has 6 heteroatoms. The lowest BCUT2D eigenvalue weighted by atomic mass is 10.1. The van der Waals surface area contributed by atoms with Gasteiger partial charge in [-0.15, -0.1) is 0 Å². The number of aromatic carboxylic acids is 1. The van der Waals surface area contributed by atoms with Crippen molar-refractivity contribution in [1.82, 2.24) is 9.97 Å². The lowest BCUT2D eigenvalue weighted by Crippen LogP contribution is -2.14. The maximum Gasteiger partial charge on any atom is 0.335 e. The Morgan fingerprint density at radius 2 is 2.19 bits per heavy atom. The van der Waals surface area contributed by atoms with E-state index >= 15 is 0 Å². The maximum absolute atomic E-state index is 11.4. The zero-order valence-electron chi connectivity index (χ0n) is 11.7. The van der Waals surface area contributed by atoms with Gasteiger partial charge in [-0.3, -0.25) is 4.79 Å². The van der Waals surface area contributed by atoms with Crippen molar-refractivity contribution < 1.29 is 9.90 Å². The van der Waals surface area contributed by atoms with Gasteiger partial charge >= 0.3 is 5.97 Å². The topological polar surface area (TPSA) is 95.1 Å². The Morgan fingerprint density at radius 3 is 2.90 bits per heavy atom. The average molecular weight is 287 g/mol. The third-order valence-corrected chi connectivity index (χ3v) is 3.02. The fourth-order valence-electron chi connectivity index (χ4n) is 1.96. The molecule has 0 aliphatic heterocycles. The molecular formula is C15H17N3O3. The zero-order valence-corrected chi connectivity index (χ0v) is 11.7. The number of carboxylic acid groups (broad SMARTS) is 1. The van der Waals surface area contributed by atoms with Gasteiger partial charge in [-0.05, 0) is 24.1 Å². The molecule has 21 heavy (non-hydrogen) atoms. The molecule has 0 spiro atoms. The molecule has 2 rings (SSSR count). The van der Waals surface area contributed by atoms with Crippen molar-refractivity contribution in [3.63, 3.8) is 0 Å². The number of aromatic amines is 1. The summed E-state index contributed by atoms with van der Waals surface area (Å²) in [6.07, 6.45) is 1.31. The molecule has 0 bridgehead atoms. The lowest BCUT2D eigenvalue weighted by Gasteiger charge is -2.07. The number of anilines is 1. The summed E-state index contributed by atoms with van der Waals surface area (Å²) in [5.74, 6) is 0.233. The first-order chi connectivity index (χ1) is 10.1. The van der Waals surface area contributed by atoms with Gasteiger partial charge < -0.3 is 15.4 Å². The molecule has 0 unspecified atom stereocenters. The van der Waals surface area contributed by atoms with Crippen LogP contribution in [0.4, 0.5) is 5.82 Å². The Bertz CT molecular complexity index is 695. The van der Waals surface area contributed by atoms with Gasteiger partial charge in [0.2, 0.25) is 0 Å². The number of aromatic nitrogens is 2. The van der Waals surface area contributed by atoms with Crippen LogP contribution in [-0.4, -0.2) is 27.6 Å². The van der Waals surface area contributed by atoms with Gasteiger partial charge in [0.05, 0.1) is 5.56 Å². The predicted octanol–water partition coefficient (Wildman–Crippen LogP) is 1.69. The van der Waals surface area contributed by atoms with Crippen molar-refractivity contribution in [2.75, 3.05) is 11.9 Å². The number of nitrogens with one attached hydrogen (secondary N) is 2. The van der Waals surface area contributed by atoms with Crippen LogP contribution < -0.4 is 10.9 Å². The van der Waals surface area contributed by atoms with Crippen molar-refractivity contribution in [3.8, 4) is 0 Å². The average Bonchev–Trinajstić information content (AvgIpc) is 2.47. The molecule has 2 aromatic rings. The van der Waals surface area contributed by atoms with Crippen LogP contribution in [-0.2, 0) is 12.8 Å². The Balaban J connectivity index is 1.98. The van der Waals surface area contributed by atoms with E-state index < -0.39 is 5.97 Å². The normalized spacial score (nSPS) is 10.3. The number of hydrogen-bond acceptors (Lipinski definition) is 4. The first-order valence-electron chi connectivity index (χ1n) is 6.75. The molecule has 0 amide bonds. The molecule has 0 radical (unpaired) electrons. The monoisotopic (exact) mass is 287 g/mol. The Morgan fingerprint density at radius 1 is 1.38 bits per heavy atom. The number of carboxylic acids is 1. The van der Waals surface area contributed by atoms with E-state index in [0.29, 0.717) is 31.0 Å². The third kappa shape index (κ3) is 4.17. The van der Waals surface area contributed by atoms with Crippen LogP contribution in [0.15, 0.2) is 35.1 Å². The van der Waals surface area contributed by atoms with E-state index in [1.165, 1.54) is 6.07 Å². The van der Waals surface area contributed by atoms with Gasteiger partial charge in [-0.1, -0.05) is 19.1 Å². The van der Waals surface area contributed by atoms with Crippen molar-refractivity contribution in [2.24, 2.45) is 0 Å². The van der Waals surface area contributed by atoms with Crippen LogP contribution >= 0.6 is 0 Å². The van der Waals surface area contributed by atoms with Crippen molar-refractivity contribution in [3.05, 3.63) is 57.6 Å². The first kappa shape index (κ1) is 14.8. The lowest BCUT2D eigenvalue weighted by molar-refractivity contribution is 0.0696.